The summed E-state index contributed by atoms with van der Waals surface area (Å²) in [5, 5.41) is -0.0349. The summed E-state index contributed by atoms with van der Waals surface area (Å²) in [5.74, 6) is -0.571. The molecule has 9 heteroatoms. The summed E-state index contributed by atoms with van der Waals surface area (Å²) in [7, 11) is -3.82. The molecule has 0 unspecified atom stereocenters. The van der Waals surface area contributed by atoms with Crippen molar-refractivity contribution in [3.8, 4) is 0 Å². The van der Waals surface area contributed by atoms with Crippen molar-refractivity contribution < 1.29 is 17.9 Å². The molecule has 0 aromatic carbocycles. The largest absolute Gasteiger partial charge is 0.465 e. The van der Waals surface area contributed by atoms with E-state index in [9.17, 15) is 13.2 Å². The van der Waals surface area contributed by atoms with Gasteiger partial charge in [0.15, 0.2) is 0 Å². The molecule has 7 nitrogen and oxygen atoms in total. The first-order valence-electron chi connectivity index (χ1n) is 6.10. The molecule has 0 atom stereocenters. The molecule has 0 saturated heterocycles. The Labute approximate surface area is 122 Å². The van der Waals surface area contributed by atoms with Gasteiger partial charge < -0.3 is 4.74 Å². The van der Waals surface area contributed by atoms with Crippen molar-refractivity contribution in [3.63, 3.8) is 0 Å². The molecule has 0 spiro atoms. The van der Waals surface area contributed by atoms with Gasteiger partial charge in [-0.15, -0.1) is 0 Å². The number of halogens is 1. The predicted molar refractivity (Wildman–Crippen MR) is 70.6 cm³/mol. The number of rotatable bonds is 6. The summed E-state index contributed by atoms with van der Waals surface area (Å²) in [4.78, 5) is 18.8. The zero-order valence-corrected chi connectivity index (χ0v) is 12.4. The molecule has 0 amide bonds. The number of hydrogen-bond acceptors (Lipinski definition) is 6. The number of sulfonamides is 1. The van der Waals surface area contributed by atoms with Gasteiger partial charge in [-0.3, -0.25) is 4.79 Å². The average molecular weight is 320 g/mol. The van der Waals surface area contributed by atoms with E-state index in [2.05, 4.69) is 9.97 Å². The minimum Gasteiger partial charge on any atom is -0.465 e. The van der Waals surface area contributed by atoms with Gasteiger partial charge in [0.2, 0.25) is 15.3 Å². The van der Waals surface area contributed by atoms with E-state index in [1.165, 1.54) is 0 Å². The summed E-state index contributed by atoms with van der Waals surface area (Å²) < 4.78 is 30.9. The van der Waals surface area contributed by atoms with Crippen LogP contribution in [0.5, 0.6) is 0 Å². The Balaban J connectivity index is 2.23. The number of aromatic nitrogens is 2. The normalized spacial score (nSPS) is 15.3. The van der Waals surface area contributed by atoms with E-state index in [1.54, 1.807) is 6.92 Å². The van der Waals surface area contributed by atoms with Crippen LogP contribution in [-0.2, 0) is 19.6 Å². The molecule has 1 saturated carbocycles. The van der Waals surface area contributed by atoms with Crippen LogP contribution < -0.4 is 0 Å². The summed E-state index contributed by atoms with van der Waals surface area (Å²) in [6.07, 6.45) is 3.72. The van der Waals surface area contributed by atoms with Crippen LogP contribution in [0.2, 0.25) is 5.28 Å². The standard InChI is InChI=1S/C11H14ClN3O4S/c1-2-19-10(16)7-15(8-3-4-8)20(17,18)9-5-13-11(12)14-6-9/h5-6,8H,2-4,7H2,1H3. The van der Waals surface area contributed by atoms with Crippen LogP contribution in [0.15, 0.2) is 17.3 Å². The van der Waals surface area contributed by atoms with Crippen LogP contribution in [0.3, 0.4) is 0 Å². The molecule has 0 aliphatic heterocycles. The Morgan fingerprint density at radius 3 is 2.55 bits per heavy atom. The lowest BCUT2D eigenvalue weighted by atomic mass is 10.6. The van der Waals surface area contributed by atoms with Gasteiger partial charge in [-0.1, -0.05) is 0 Å². The molecular weight excluding hydrogens is 306 g/mol. The Kier molecular flexibility index (Phi) is 4.56. The molecule has 1 aromatic rings. The summed E-state index contributed by atoms with van der Waals surface area (Å²) >= 11 is 5.54. The maximum Gasteiger partial charge on any atom is 0.321 e. The van der Waals surface area contributed by atoms with Gasteiger partial charge in [0, 0.05) is 6.04 Å². The lowest BCUT2D eigenvalue weighted by Crippen LogP contribution is -2.38. The zero-order valence-electron chi connectivity index (χ0n) is 10.8. The van der Waals surface area contributed by atoms with E-state index in [1.807, 2.05) is 0 Å². The van der Waals surface area contributed by atoms with Gasteiger partial charge in [0.25, 0.3) is 0 Å². The summed E-state index contributed by atoms with van der Waals surface area (Å²) in [5.41, 5.74) is 0. The first kappa shape index (κ1) is 15.1. The Morgan fingerprint density at radius 2 is 2.05 bits per heavy atom. The van der Waals surface area contributed by atoms with E-state index in [-0.39, 0.29) is 29.4 Å². The van der Waals surface area contributed by atoms with E-state index in [0.29, 0.717) is 0 Å². The quantitative estimate of drug-likeness (QED) is 0.570. The molecule has 2 rings (SSSR count). The fraction of sp³-hybridized carbons (Fsp3) is 0.545. The second-order valence-electron chi connectivity index (χ2n) is 4.27. The van der Waals surface area contributed by atoms with Gasteiger partial charge in [-0.25, -0.2) is 18.4 Å². The highest BCUT2D eigenvalue weighted by Crippen LogP contribution is 2.31. The number of hydrogen-bond donors (Lipinski definition) is 0. The maximum atomic E-state index is 12.5. The van der Waals surface area contributed by atoms with Crippen molar-refractivity contribution in [2.75, 3.05) is 13.2 Å². The SMILES string of the molecule is CCOC(=O)CN(C1CC1)S(=O)(=O)c1cnc(Cl)nc1. The third-order valence-corrected chi connectivity index (χ3v) is 4.79. The summed E-state index contributed by atoms with van der Waals surface area (Å²) in [6.45, 7) is 1.58. The predicted octanol–water partition coefficient (Wildman–Crippen LogP) is 0.846. The smallest absolute Gasteiger partial charge is 0.321 e. The number of carbonyl (C=O) groups is 1. The van der Waals surface area contributed by atoms with E-state index in [4.69, 9.17) is 16.3 Å². The highest BCUT2D eigenvalue weighted by molar-refractivity contribution is 7.89. The van der Waals surface area contributed by atoms with E-state index >= 15 is 0 Å². The van der Waals surface area contributed by atoms with Crippen molar-refractivity contribution in [2.24, 2.45) is 0 Å². The lowest BCUT2D eigenvalue weighted by Gasteiger charge is -2.20. The fourth-order valence-corrected chi connectivity index (χ4v) is 3.29. The molecule has 0 N–H and O–H groups in total. The van der Waals surface area contributed by atoms with Crippen molar-refractivity contribution >= 4 is 27.6 Å². The maximum absolute atomic E-state index is 12.5. The van der Waals surface area contributed by atoms with Gasteiger partial charge in [0.1, 0.15) is 11.4 Å². The molecule has 20 heavy (non-hydrogen) atoms. The molecule has 0 radical (unpaired) electrons. The monoisotopic (exact) mass is 319 g/mol. The third-order valence-electron chi connectivity index (χ3n) is 2.75. The molecule has 1 heterocycles. The lowest BCUT2D eigenvalue weighted by molar-refractivity contribution is -0.143. The van der Waals surface area contributed by atoms with Gasteiger partial charge in [-0.2, -0.15) is 4.31 Å². The van der Waals surface area contributed by atoms with Gasteiger partial charge >= 0.3 is 5.97 Å². The Morgan fingerprint density at radius 1 is 1.45 bits per heavy atom. The molecule has 0 bridgehead atoms. The Hall–Kier alpha value is -1.25. The van der Waals surface area contributed by atoms with Crippen LogP contribution >= 0.6 is 11.6 Å². The number of ether oxygens (including phenoxy) is 1. The van der Waals surface area contributed by atoms with E-state index in [0.717, 1.165) is 29.5 Å². The fourth-order valence-electron chi connectivity index (χ4n) is 1.68. The van der Waals surface area contributed by atoms with E-state index < -0.39 is 16.0 Å². The van der Waals surface area contributed by atoms with Gasteiger partial charge in [0.05, 0.1) is 19.0 Å². The van der Waals surface area contributed by atoms with Crippen LogP contribution in [-0.4, -0.2) is 47.9 Å². The minimum absolute atomic E-state index is 0.0349. The average Bonchev–Trinajstić information content (AvgIpc) is 3.21. The topological polar surface area (TPSA) is 89.5 Å². The first-order valence-corrected chi connectivity index (χ1v) is 7.92. The highest BCUT2D eigenvalue weighted by atomic mass is 35.5. The zero-order chi connectivity index (χ0) is 14.8. The molecule has 1 aliphatic rings. The second kappa shape index (κ2) is 6.02. The molecule has 1 fully saturated rings. The number of nitrogens with zero attached hydrogens (tertiary/aromatic N) is 3. The van der Waals surface area contributed by atoms with Crippen LogP contribution in [0.1, 0.15) is 19.8 Å². The minimum atomic E-state index is -3.82. The second-order valence-corrected chi connectivity index (χ2v) is 6.50. The highest BCUT2D eigenvalue weighted by Gasteiger charge is 2.39. The molecule has 1 aliphatic carbocycles. The third kappa shape index (κ3) is 3.44. The van der Waals surface area contributed by atoms with Crippen molar-refractivity contribution in [2.45, 2.75) is 30.7 Å². The Bertz CT molecular complexity index is 586. The van der Waals surface area contributed by atoms with Crippen molar-refractivity contribution in [3.05, 3.63) is 17.7 Å². The molecular formula is C11H14ClN3O4S. The molecule has 1 aromatic heterocycles. The van der Waals surface area contributed by atoms with Gasteiger partial charge in [-0.05, 0) is 31.4 Å². The number of carbonyl (C=O) groups excluding carboxylic acids is 1. The first-order chi connectivity index (χ1) is 9.45. The van der Waals surface area contributed by atoms with Crippen LogP contribution in [0, 0.1) is 0 Å². The molecule has 110 valence electrons. The van der Waals surface area contributed by atoms with Crippen molar-refractivity contribution in [1.29, 1.82) is 0 Å². The summed E-state index contributed by atoms with van der Waals surface area (Å²) in [6, 6.07) is -0.167. The van der Waals surface area contributed by atoms with Crippen molar-refractivity contribution in [1.82, 2.24) is 14.3 Å². The van der Waals surface area contributed by atoms with Crippen LogP contribution in [0.4, 0.5) is 0 Å². The van der Waals surface area contributed by atoms with Crippen LogP contribution in [0.25, 0.3) is 0 Å². The number of esters is 1.